The number of urea groups is 1. The summed E-state index contributed by atoms with van der Waals surface area (Å²) in [5.74, 6) is 0.145. The van der Waals surface area contributed by atoms with Gasteiger partial charge in [0.25, 0.3) is 5.91 Å². The fraction of sp³-hybridized carbons (Fsp3) is 0.818. The lowest BCUT2D eigenvalue weighted by Gasteiger charge is -2.26. The van der Waals surface area contributed by atoms with Gasteiger partial charge in [-0.15, -0.1) is 0 Å². The predicted octanol–water partition coefficient (Wildman–Crippen LogP) is 3.60. The largest absolute Gasteiger partial charge is 0.347 e. The van der Waals surface area contributed by atoms with Crippen molar-refractivity contribution < 1.29 is 9.59 Å². The van der Waals surface area contributed by atoms with Gasteiger partial charge in [-0.3, -0.25) is 4.79 Å². The van der Waals surface area contributed by atoms with Gasteiger partial charge in [-0.05, 0) is 18.8 Å². The number of carbonyl (C=O) groups is 2. The molecule has 96 valence electrons. The van der Waals surface area contributed by atoms with E-state index in [0.717, 1.165) is 29.6 Å². The van der Waals surface area contributed by atoms with Gasteiger partial charge in [0.2, 0.25) is 0 Å². The summed E-state index contributed by atoms with van der Waals surface area (Å²) >= 11 is 6.24. The van der Waals surface area contributed by atoms with Crippen molar-refractivity contribution in [1.82, 2.24) is 7.85 Å². The van der Waals surface area contributed by atoms with E-state index in [0.29, 0.717) is 0 Å². The molecule has 0 spiro atoms. The van der Waals surface area contributed by atoms with Crippen molar-refractivity contribution >= 4 is 44.2 Å². The van der Waals surface area contributed by atoms with Crippen LogP contribution in [0.2, 0.25) is 0 Å². The van der Waals surface area contributed by atoms with Gasteiger partial charge in [0, 0.05) is 0 Å². The van der Waals surface area contributed by atoms with E-state index in [-0.39, 0.29) is 23.9 Å². The number of carbonyl (C=O) groups excluding carboxylic acids is 2. The van der Waals surface area contributed by atoms with Gasteiger partial charge in [-0.1, -0.05) is 32.1 Å². The smallest absolute Gasteiger partial charge is 0.271 e. The van der Waals surface area contributed by atoms with Crippen molar-refractivity contribution in [2.75, 3.05) is 0 Å². The van der Waals surface area contributed by atoms with Crippen molar-refractivity contribution in [3.8, 4) is 0 Å². The van der Waals surface area contributed by atoms with Crippen LogP contribution in [0.4, 0.5) is 4.79 Å². The molecule has 1 heterocycles. The highest BCUT2D eigenvalue weighted by Gasteiger charge is 2.47. The molecule has 6 heteroatoms. The zero-order chi connectivity index (χ0) is 12.4. The molecule has 1 aliphatic carbocycles. The zero-order valence-electron chi connectivity index (χ0n) is 9.57. The first kappa shape index (κ1) is 13.3. The van der Waals surface area contributed by atoms with E-state index in [2.05, 4.69) is 32.3 Å². The van der Waals surface area contributed by atoms with E-state index in [1.54, 1.807) is 0 Å². The van der Waals surface area contributed by atoms with Crippen LogP contribution in [-0.4, -0.2) is 25.8 Å². The van der Waals surface area contributed by atoms with Crippen LogP contribution >= 0.6 is 32.3 Å². The molecule has 0 aromatic rings. The second-order valence-electron chi connectivity index (χ2n) is 4.76. The zero-order valence-corrected chi connectivity index (χ0v) is 12.7. The van der Waals surface area contributed by atoms with Gasteiger partial charge >= 0.3 is 6.03 Å². The molecule has 3 amide bonds. The second kappa shape index (κ2) is 5.69. The molecule has 0 aromatic carbocycles. The lowest BCUT2D eigenvalue weighted by atomic mass is 9.86. The minimum absolute atomic E-state index is 0.141. The number of rotatable bonds is 1. The topological polar surface area (TPSA) is 40.6 Å². The molecule has 17 heavy (non-hydrogen) atoms. The van der Waals surface area contributed by atoms with Crippen LogP contribution in [0, 0.1) is 5.92 Å². The third kappa shape index (κ3) is 2.67. The predicted molar refractivity (Wildman–Crippen MR) is 71.5 cm³/mol. The van der Waals surface area contributed by atoms with Gasteiger partial charge in [0.05, 0.1) is 32.3 Å². The Morgan fingerprint density at radius 3 is 1.94 bits per heavy atom. The summed E-state index contributed by atoms with van der Waals surface area (Å²) < 4.78 is 2.43. The van der Waals surface area contributed by atoms with Crippen LogP contribution in [0.3, 0.4) is 0 Å². The first-order chi connectivity index (χ1) is 8.13. The fourth-order valence-corrected chi connectivity index (χ4v) is 3.96. The summed E-state index contributed by atoms with van der Waals surface area (Å²) in [5, 5.41) is 0. The minimum Gasteiger partial charge on any atom is -0.271 e. The molecular formula is C11H16Br2N2O2. The summed E-state index contributed by atoms with van der Waals surface area (Å²) in [4.78, 5) is 23.7. The molecule has 0 radical (unpaired) electrons. The normalized spacial score (nSPS) is 28.5. The minimum atomic E-state index is -0.333. The van der Waals surface area contributed by atoms with Gasteiger partial charge < -0.3 is 0 Å². The Morgan fingerprint density at radius 2 is 1.47 bits per heavy atom. The lowest BCUT2D eigenvalue weighted by Crippen LogP contribution is -2.35. The van der Waals surface area contributed by atoms with E-state index >= 15 is 0 Å². The Labute approximate surface area is 118 Å². The molecule has 1 unspecified atom stereocenters. The molecule has 1 aliphatic heterocycles. The molecule has 0 aromatic heterocycles. The van der Waals surface area contributed by atoms with Crippen LogP contribution in [0.1, 0.15) is 44.9 Å². The summed E-state index contributed by atoms with van der Waals surface area (Å²) in [6, 6.07) is -0.651. The summed E-state index contributed by atoms with van der Waals surface area (Å²) in [7, 11) is 0. The fourth-order valence-electron chi connectivity index (χ4n) is 2.70. The molecule has 2 aliphatic rings. The number of nitrogens with zero attached hydrogens (tertiary/aromatic N) is 2. The molecule has 4 nitrogen and oxygen atoms in total. The van der Waals surface area contributed by atoms with E-state index in [9.17, 15) is 9.59 Å². The molecular weight excluding hydrogens is 352 g/mol. The number of halogens is 2. The standard InChI is InChI=1S/C11H16Br2N2O2/c12-14-9(10(16)15(13)11(14)17)8-6-4-2-1-3-5-7-8/h8-9H,1-7H2. The van der Waals surface area contributed by atoms with Crippen LogP contribution < -0.4 is 0 Å². The first-order valence-corrected chi connectivity index (χ1v) is 7.53. The van der Waals surface area contributed by atoms with Crippen molar-refractivity contribution in [2.24, 2.45) is 5.92 Å². The highest BCUT2D eigenvalue weighted by molar-refractivity contribution is 9.08. The molecule has 0 N–H and O–H groups in total. The summed E-state index contributed by atoms with van der Waals surface area (Å²) in [5.41, 5.74) is 0. The Hall–Kier alpha value is -0.100. The Balaban J connectivity index is 2.09. The van der Waals surface area contributed by atoms with E-state index < -0.39 is 0 Å². The van der Waals surface area contributed by atoms with Crippen LogP contribution in [-0.2, 0) is 4.79 Å². The maximum atomic E-state index is 12.0. The van der Waals surface area contributed by atoms with E-state index in [4.69, 9.17) is 0 Å². The SMILES string of the molecule is O=C1C(C2CCCCCCC2)N(Br)C(=O)N1Br. The van der Waals surface area contributed by atoms with Gasteiger partial charge in [0.15, 0.2) is 0 Å². The number of hydrogen-bond acceptors (Lipinski definition) is 2. The van der Waals surface area contributed by atoms with Crippen molar-refractivity contribution in [1.29, 1.82) is 0 Å². The Morgan fingerprint density at radius 1 is 0.941 bits per heavy atom. The highest BCUT2D eigenvalue weighted by atomic mass is 79.9. The molecule has 1 saturated heterocycles. The maximum absolute atomic E-state index is 12.0. The van der Waals surface area contributed by atoms with Crippen molar-refractivity contribution in [3.63, 3.8) is 0 Å². The van der Waals surface area contributed by atoms with Gasteiger partial charge in [-0.2, -0.15) is 3.93 Å². The quantitative estimate of drug-likeness (QED) is 0.524. The van der Waals surface area contributed by atoms with Crippen LogP contribution in [0.15, 0.2) is 0 Å². The van der Waals surface area contributed by atoms with E-state index in [1.807, 2.05) is 0 Å². The molecule has 1 atom stereocenters. The third-order valence-electron chi connectivity index (χ3n) is 3.64. The Bertz CT molecular complexity index is 317. The number of imide groups is 1. The number of amides is 3. The van der Waals surface area contributed by atoms with Crippen LogP contribution in [0.5, 0.6) is 0 Å². The van der Waals surface area contributed by atoms with Crippen LogP contribution in [0.25, 0.3) is 0 Å². The average molecular weight is 368 g/mol. The lowest BCUT2D eigenvalue weighted by molar-refractivity contribution is -0.125. The molecule has 0 bridgehead atoms. The Kier molecular flexibility index (Phi) is 4.47. The molecule has 2 fully saturated rings. The van der Waals surface area contributed by atoms with E-state index in [1.165, 1.54) is 23.2 Å². The highest BCUT2D eigenvalue weighted by Crippen LogP contribution is 2.35. The first-order valence-electron chi connectivity index (χ1n) is 6.11. The van der Waals surface area contributed by atoms with Gasteiger partial charge in [0.1, 0.15) is 6.04 Å². The molecule has 2 rings (SSSR count). The van der Waals surface area contributed by atoms with Crippen molar-refractivity contribution in [3.05, 3.63) is 0 Å². The summed E-state index contributed by atoms with van der Waals surface area (Å²) in [6.07, 6.45) is 8.17. The summed E-state index contributed by atoms with van der Waals surface area (Å²) in [6.45, 7) is 0. The van der Waals surface area contributed by atoms with Crippen molar-refractivity contribution in [2.45, 2.75) is 51.0 Å². The monoisotopic (exact) mass is 366 g/mol. The van der Waals surface area contributed by atoms with Gasteiger partial charge in [-0.25, -0.2) is 8.72 Å². The number of hydrogen-bond donors (Lipinski definition) is 0. The second-order valence-corrected chi connectivity index (χ2v) is 6.24. The maximum Gasteiger partial charge on any atom is 0.347 e. The average Bonchev–Trinajstić information content (AvgIpc) is 2.45. The third-order valence-corrected chi connectivity index (χ3v) is 5.04. The molecule has 1 saturated carbocycles.